The van der Waals surface area contributed by atoms with Crippen molar-refractivity contribution in [3.05, 3.63) is 35.4 Å². The van der Waals surface area contributed by atoms with Crippen LogP contribution >= 0.6 is 0 Å². The fourth-order valence-electron chi connectivity index (χ4n) is 2.87. The molecule has 0 aliphatic carbocycles. The smallest absolute Gasteiger partial charge is 0.223 e. The van der Waals surface area contributed by atoms with Crippen LogP contribution in [-0.2, 0) is 16.0 Å². The lowest BCUT2D eigenvalue weighted by molar-refractivity contribution is -0.139. The number of amides is 2. The molecule has 0 aromatic heterocycles. The van der Waals surface area contributed by atoms with E-state index in [1.54, 1.807) is 0 Å². The van der Waals surface area contributed by atoms with E-state index in [1.165, 1.54) is 11.1 Å². The van der Waals surface area contributed by atoms with Gasteiger partial charge in [-0.25, -0.2) is 0 Å². The minimum atomic E-state index is 0.200. The van der Waals surface area contributed by atoms with Gasteiger partial charge in [-0.2, -0.15) is 0 Å². The van der Waals surface area contributed by atoms with Crippen molar-refractivity contribution in [2.75, 3.05) is 26.2 Å². The topological polar surface area (TPSA) is 40.6 Å². The largest absolute Gasteiger partial charge is 0.339 e. The summed E-state index contributed by atoms with van der Waals surface area (Å²) in [7, 11) is 0. The summed E-state index contributed by atoms with van der Waals surface area (Å²) in [5.74, 6) is 0.417. The minimum Gasteiger partial charge on any atom is -0.339 e. The van der Waals surface area contributed by atoms with Crippen LogP contribution in [0, 0.1) is 6.92 Å². The molecule has 1 saturated heterocycles. The fraction of sp³-hybridized carbons (Fsp3) is 0.556. The summed E-state index contributed by atoms with van der Waals surface area (Å²) in [4.78, 5) is 27.9. The van der Waals surface area contributed by atoms with E-state index in [2.05, 4.69) is 19.1 Å². The predicted molar refractivity (Wildman–Crippen MR) is 87.6 cm³/mol. The van der Waals surface area contributed by atoms with Crippen LogP contribution < -0.4 is 0 Å². The Bertz CT molecular complexity index is 520. The highest BCUT2D eigenvalue weighted by atomic mass is 16.2. The predicted octanol–water partition coefficient (Wildman–Crippen LogP) is 2.40. The molecule has 0 bridgehead atoms. The highest BCUT2D eigenvalue weighted by molar-refractivity contribution is 5.78. The number of hydrogen-bond donors (Lipinski definition) is 0. The standard InChI is InChI=1S/C18H26N2O2/c1-3-6-17(21)19-11-13-20(14-12-19)18(22)10-9-16-8-5-4-7-15(16)2/h4-5,7-8H,3,6,9-14H2,1-2H3. The number of nitrogens with zero attached hydrogens (tertiary/aromatic N) is 2. The first kappa shape index (κ1) is 16.5. The van der Waals surface area contributed by atoms with Gasteiger partial charge in [0.15, 0.2) is 0 Å². The Hall–Kier alpha value is -1.84. The zero-order chi connectivity index (χ0) is 15.9. The summed E-state index contributed by atoms with van der Waals surface area (Å²) >= 11 is 0. The van der Waals surface area contributed by atoms with E-state index in [0.29, 0.717) is 39.0 Å². The van der Waals surface area contributed by atoms with Crippen molar-refractivity contribution in [1.82, 2.24) is 9.80 Å². The van der Waals surface area contributed by atoms with Crippen LogP contribution in [0.4, 0.5) is 0 Å². The summed E-state index contributed by atoms with van der Waals surface area (Å²) in [6.45, 7) is 6.79. The molecule has 1 aromatic rings. The average molecular weight is 302 g/mol. The van der Waals surface area contributed by atoms with E-state index in [4.69, 9.17) is 0 Å². The maximum Gasteiger partial charge on any atom is 0.223 e. The Morgan fingerprint density at radius 3 is 2.05 bits per heavy atom. The van der Waals surface area contributed by atoms with E-state index < -0.39 is 0 Å². The Morgan fingerprint density at radius 1 is 0.955 bits per heavy atom. The van der Waals surface area contributed by atoms with Crippen molar-refractivity contribution < 1.29 is 9.59 Å². The molecule has 1 aliphatic rings. The van der Waals surface area contributed by atoms with Crippen LogP contribution in [0.1, 0.15) is 37.3 Å². The first-order chi connectivity index (χ1) is 10.6. The summed E-state index contributed by atoms with van der Waals surface area (Å²) in [6.07, 6.45) is 2.84. The third-order valence-electron chi connectivity index (χ3n) is 4.32. The van der Waals surface area contributed by atoms with Gasteiger partial charge in [0.05, 0.1) is 0 Å². The third kappa shape index (κ3) is 4.33. The molecule has 120 valence electrons. The highest BCUT2D eigenvalue weighted by Crippen LogP contribution is 2.12. The maximum absolute atomic E-state index is 12.3. The Labute approximate surface area is 133 Å². The van der Waals surface area contributed by atoms with E-state index in [1.807, 2.05) is 28.9 Å². The number of carbonyl (C=O) groups excluding carboxylic acids is 2. The summed E-state index contributed by atoms with van der Waals surface area (Å²) in [5.41, 5.74) is 2.48. The quantitative estimate of drug-likeness (QED) is 0.838. The first-order valence-corrected chi connectivity index (χ1v) is 8.22. The van der Waals surface area contributed by atoms with Crippen LogP contribution in [0.15, 0.2) is 24.3 Å². The van der Waals surface area contributed by atoms with E-state index in [9.17, 15) is 9.59 Å². The average Bonchev–Trinajstić information content (AvgIpc) is 2.54. The van der Waals surface area contributed by atoms with Gasteiger partial charge in [0.1, 0.15) is 0 Å². The number of piperazine rings is 1. The minimum absolute atomic E-state index is 0.200. The molecule has 1 heterocycles. The first-order valence-electron chi connectivity index (χ1n) is 8.22. The molecule has 4 nitrogen and oxygen atoms in total. The number of benzene rings is 1. The fourth-order valence-corrected chi connectivity index (χ4v) is 2.87. The molecule has 4 heteroatoms. The van der Waals surface area contributed by atoms with Gasteiger partial charge in [0.2, 0.25) is 11.8 Å². The monoisotopic (exact) mass is 302 g/mol. The van der Waals surface area contributed by atoms with E-state index in [0.717, 1.165) is 12.8 Å². The summed E-state index contributed by atoms with van der Waals surface area (Å²) in [5, 5.41) is 0. The maximum atomic E-state index is 12.3. The number of aryl methyl sites for hydroxylation is 2. The van der Waals surface area contributed by atoms with Crippen molar-refractivity contribution >= 4 is 11.8 Å². The second kappa shape index (κ2) is 7.97. The van der Waals surface area contributed by atoms with Gasteiger partial charge in [-0.1, -0.05) is 31.2 Å². The van der Waals surface area contributed by atoms with Crippen molar-refractivity contribution in [1.29, 1.82) is 0 Å². The molecule has 0 spiro atoms. The van der Waals surface area contributed by atoms with Crippen LogP contribution in [-0.4, -0.2) is 47.8 Å². The molecule has 2 rings (SSSR count). The van der Waals surface area contributed by atoms with E-state index in [-0.39, 0.29) is 11.8 Å². The number of carbonyl (C=O) groups is 2. The van der Waals surface area contributed by atoms with Crippen LogP contribution in [0.5, 0.6) is 0 Å². The van der Waals surface area contributed by atoms with Gasteiger partial charge < -0.3 is 9.80 Å². The SMILES string of the molecule is CCCC(=O)N1CCN(C(=O)CCc2ccccc2C)CC1. The van der Waals surface area contributed by atoms with Crippen LogP contribution in [0.2, 0.25) is 0 Å². The number of hydrogen-bond acceptors (Lipinski definition) is 2. The molecular formula is C18H26N2O2. The lowest BCUT2D eigenvalue weighted by Crippen LogP contribution is -2.50. The van der Waals surface area contributed by atoms with Gasteiger partial charge in [0.25, 0.3) is 0 Å². The molecule has 0 N–H and O–H groups in total. The molecule has 22 heavy (non-hydrogen) atoms. The highest BCUT2D eigenvalue weighted by Gasteiger charge is 2.23. The molecule has 0 atom stereocenters. The normalized spacial score (nSPS) is 15.0. The van der Waals surface area contributed by atoms with E-state index >= 15 is 0 Å². The Morgan fingerprint density at radius 2 is 1.50 bits per heavy atom. The van der Waals surface area contributed by atoms with Crippen LogP contribution in [0.3, 0.4) is 0 Å². The zero-order valence-corrected chi connectivity index (χ0v) is 13.7. The lowest BCUT2D eigenvalue weighted by Gasteiger charge is -2.35. The van der Waals surface area contributed by atoms with Crippen molar-refractivity contribution in [2.24, 2.45) is 0 Å². The molecular weight excluding hydrogens is 276 g/mol. The van der Waals surface area contributed by atoms with Gasteiger partial charge in [-0.15, -0.1) is 0 Å². The second-order valence-electron chi connectivity index (χ2n) is 5.94. The van der Waals surface area contributed by atoms with Gasteiger partial charge >= 0.3 is 0 Å². The molecule has 0 unspecified atom stereocenters. The molecule has 0 radical (unpaired) electrons. The lowest BCUT2D eigenvalue weighted by atomic mass is 10.0. The zero-order valence-electron chi connectivity index (χ0n) is 13.7. The summed E-state index contributed by atoms with van der Waals surface area (Å²) in [6, 6.07) is 8.21. The van der Waals surface area contributed by atoms with Crippen molar-refractivity contribution in [2.45, 2.75) is 39.5 Å². The molecule has 1 aliphatic heterocycles. The van der Waals surface area contributed by atoms with Gasteiger partial charge in [-0.3, -0.25) is 9.59 Å². The molecule has 0 saturated carbocycles. The Kier molecular flexibility index (Phi) is 5.99. The molecule has 1 aromatic carbocycles. The second-order valence-corrected chi connectivity index (χ2v) is 5.94. The number of rotatable bonds is 5. The van der Waals surface area contributed by atoms with Gasteiger partial charge in [0, 0.05) is 39.0 Å². The Balaban J connectivity index is 1.78. The van der Waals surface area contributed by atoms with Gasteiger partial charge in [-0.05, 0) is 30.9 Å². The molecule has 1 fully saturated rings. The summed E-state index contributed by atoms with van der Waals surface area (Å²) < 4.78 is 0. The third-order valence-corrected chi connectivity index (χ3v) is 4.32. The van der Waals surface area contributed by atoms with Crippen molar-refractivity contribution in [3.8, 4) is 0 Å². The van der Waals surface area contributed by atoms with Crippen molar-refractivity contribution in [3.63, 3.8) is 0 Å². The van der Waals surface area contributed by atoms with Crippen LogP contribution in [0.25, 0.3) is 0 Å². The molecule has 2 amide bonds.